The summed E-state index contributed by atoms with van der Waals surface area (Å²) in [6.45, 7) is 0.784. The lowest BCUT2D eigenvalue weighted by atomic mass is 10.1. The first-order valence-electron chi connectivity index (χ1n) is 6.98. The van der Waals surface area contributed by atoms with Gasteiger partial charge in [-0.2, -0.15) is 0 Å². The molecule has 1 aliphatic heterocycles. The van der Waals surface area contributed by atoms with Crippen LogP contribution < -0.4 is 14.8 Å². The number of nitrogens with one attached hydrogen (secondary N) is 1. The summed E-state index contributed by atoms with van der Waals surface area (Å²) in [7, 11) is 3.36. The summed E-state index contributed by atoms with van der Waals surface area (Å²) in [5.74, 6) is 2.76. The normalized spacial score (nSPS) is 16.6. The van der Waals surface area contributed by atoms with Gasteiger partial charge in [0.05, 0.1) is 14.2 Å². The van der Waals surface area contributed by atoms with Crippen LogP contribution in [0.25, 0.3) is 0 Å². The highest BCUT2D eigenvalue weighted by atomic mass is 32.2. The molecule has 1 atom stereocenters. The minimum Gasteiger partial charge on any atom is -0.497 e. The van der Waals surface area contributed by atoms with Gasteiger partial charge in [0.2, 0.25) is 0 Å². The smallest absolute Gasteiger partial charge is 0.127 e. The molecule has 21 heavy (non-hydrogen) atoms. The maximum Gasteiger partial charge on any atom is 0.127 e. The van der Waals surface area contributed by atoms with Gasteiger partial charge in [0.15, 0.2) is 0 Å². The molecule has 0 fully saturated rings. The fourth-order valence-corrected chi connectivity index (χ4v) is 3.76. The van der Waals surface area contributed by atoms with Crippen LogP contribution in [0.3, 0.4) is 0 Å². The van der Waals surface area contributed by atoms with Crippen LogP contribution in [0.1, 0.15) is 17.2 Å². The summed E-state index contributed by atoms with van der Waals surface area (Å²) in [4.78, 5) is 1.39. The van der Waals surface area contributed by atoms with Crippen molar-refractivity contribution in [2.45, 2.75) is 17.5 Å². The molecular weight excluding hydrogens is 282 g/mol. The number of hydrogen-bond donors (Lipinski definition) is 1. The Labute approximate surface area is 129 Å². The van der Waals surface area contributed by atoms with E-state index in [1.54, 1.807) is 14.2 Å². The van der Waals surface area contributed by atoms with E-state index in [-0.39, 0.29) is 0 Å². The standard InChI is InChI=1S/C17H19NO2S/c1-19-13-8-7-12(16(9-13)20-2)10-18-15-11-21-17-6-4-3-5-14(15)17/h3-9,15,18H,10-11H2,1-2H3. The Morgan fingerprint density at radius 2 is 2.00 bits per heavy atom. The van der Waals surface area contributed by atoms with Crippen LogP contribution in [0.4, 0.5) is 0 Å². The van der Waals surface area contributed by atoms with Gasteiger partial charge in [0.1, 0.15) is 11.5 Å². The molecule has 1 unspecified atom stereocenters. The average Bonchev–Trinajstić information content (AvgIpc) is 2.96. The van der Waals surface area contributed by atoms with Gasteiger partial charge < -0.3 is 14.8 Å². The molecule has 0 bridgehead atoms. The van der Waals surface area contributed by atoms with Gasteiger partial charge in [-0.3, -0.25) is 0 Å². The van der Waals surface area contributed by atoms with Crippen LogP contribution in [0, 0.1) is 0 Å². The summed E-state index contributed by atoms with van der Waals surface area (Å²) in [6.07, 6.45) is 0. The zero-order valence-corrected chi connectivity index (χ0v) is 13.1. The fourth-order valence-electron chi connectivity index (χ4n) is 2.56. The van der Waals surface area contributed by atoms with Crippen molar-refractivity contribution in [3.8, 4) is 11.5 Å². The maximum atomic E-state index is 5.45. The first-order chi connectivity index (χ1) is 10.3. The van der Waals surface area contributed by atoms with E-state index in [1.807, 2.05) is 23.9 Å². The van der Waals surface area contributed by atoms with Crippen molar-refractivity contribution in [3.63, 3.8) is 0 Å². The lowest BCUT2D eigenvalue weighted by Crippen LogP contribution is -2.20. The lowest BCUT2D eigenvalue weighted by molar-refractivity contribution is 0.389. The second kappa shape index (κ2) is 6.41. The Morgan fingerprint density at radius 3 is 2.81 bits per heavy atom. The monoisotopic (exact) mass is 301 g/mol. The molecule has 1 heterocycles. The largest absolute Gasteiger partial charge is 0.497 e. The van der Waals surface area contributed by atoms with Gasteiger partial charge in [-0.05, 0) is 17.7 Å². The molecule has 110 valence electrons. The van der Waals surface area contributed by atoms with Crippen molar-refractivity contribution < 1.29 is 9.47 Å². The minimum atomic E-state index is 0.401. The fraction of sp³-hybridized carbons (Fsp3) is 0.294. The molecule has 3 rings (SSSR count). The summed E-state index contributed by atoms with van der Waals surface area (Å²) in [5.41, 5.74) is 2.54. The van der Waals surface area contributed by atoms with E-state index in [0.717, 1.165) is 29.4 Å². The first kappa shape index (κ1) is 14.3. The molecule has 0 aromatic heterocycles. The number of methoxy groups -OCH3 is 2. The third-order valence-corrected chi connectivity index (χ3v) is 4.92. The van der Waals surface area contributed by atoms with E-state index in [4.69, 9.17) is 9.47 Å². The van der Waals surface area contributed by atoms with E-state index in [2.05, 4.69) is 35.6 Å². The number of fused-ring (bicyclic) bond motifs is 1. The van der Waals surface area contributed by atoms with E-state index in [0.29, 0.717) is 6.04 Å². The summed E-state index contributed by atoms with van der Waals surface area (Å²) in [5, 5.41) is 3.62. The number of hydrogen-bond acceptors (Lipinski definition) is 4. The molecule has 0 spiro atoms. The highest BCUT2D eigenvalue weighted by Crippen LogP contribution is 2.38. The highest BCUT2D eigenvalue weighted by Gasteiger charge is 2.22. The second-order valence-corrected chi connectivity index (χ2v) is 6.02. The quantitative estimate of drug-likeness (QED) is 0.913. The van der Waals surface area contributed by atoms with Crippen molar-refractivity contribution in [1.29, 1.82) is 0 Å². The molecule has 1 aliphatic rings. The SMILES string of the molecule is COc1ccc(CNC2CSc3ccccc32)c(OC)c1. The van der Waals surface area contributed by atoms with Gasteiger partial charge in [-0.1, -0.05) is 24.3 Å². The Morgan fingerprint density at radius 1 is 1.14 bits per heavy atom. The van der Waals surface area contributed by atoms with Crippen LogP contribution in [0.15, 0.2) is 47.4 Å². The zero-order valence-electron chi connectivity index (χ0n) is 12.3. The number of rotatable bonds is 5. The molecule has 0 aliphatic carbocycles. The van der Waals surface area contributed by atoms with E-state index in [1.165, 1.54) is 10.5 Å². The Hall–Kier alpha value is -1.65. The van der Waals surface area contributed by atoms with Crippen molar-refractivity contribution >= 4 is 11.8 Å². The van der Waals surface area contributed by atoms with E-state index >= 15 is 0 Å². The predicted molar refractivity (Wildman–Crippen MR) is 86.3 cm³/mol. The van der Waals surface area contributed by atoms with Crippen molar-refractivity contribution in [2.24, 2.45) is 0 Å². The Bertz CT molecular complexity index is 630. The molecule has 2 aromatic rings. The Balaban J connectivity index is 1.71. The van der Waals surface area contributed by atoms with Crippen molar-refractivity contribution in [3.05, 3.63) is 53.6 Å². The topological polar surface area (TPSA) is 30.5 Å². The molecule has 0 radical (unpaired) electrons. The molecule has 0 amide bonds. The highest BCUT2D eigenvalue weighted by molar-refractivity contribution is 7.99. The third kappa shape index (κ3) is 3.01. The minimum absolute atomic E-state index is 0.401. The average molecular weight is 301 g/mol. The molecule has 4 heteroatoms. The molecular formula is C17H19NO2S. The summed E-state index contributed by atoms with van der Waals surface area (Å²) >= 11 is 1.91. The zero-order chi connectivity index (χ0) is 14.7. The number of benzene rings is 2. The third-order valence-electron chi connectivity index (χ3n) is 3.73. The summed E-state index contributed by atoms with van der Waals surface area (Å²) in [6, 6.07) is 14.9. The molecule has 3 nitrogen and oxygen atoms in total. The van der Waals surface area contributed by atoms with Gasteiger partial charge in [0.25, 0.3) is 0 Å². The number of ether oxygens (including phenoxy) is 2. The Kier molecular flexibility index (Phi) is 4.36. The predicted octanol–water partition coefficient (Wildman–Crippen LogP) is 3.64. The molecule has 1 N–H and O–H groups in total. The maximum absolute atomic E-state index is 5.45. The van der Waals surface area contributed by atoms with Gasteiger partial charge in [-0.25, -0.2) is 0 Å². The second-order valence-electron chi connectivity index (χ2n) is 4.96. The van der Waals surface area contributed by atoms with E-state index < -0.39 is 0 Å². The van der Waals surface area contributed by atoms with Crippen LogP contribution in [-0.2, 0) is 6.54 Å². The molecule has 0 saturated carbocycles. The van der Waals surface area contributed by atoms with Crippen molar-refractivity contribution in [1.82, 2.24) is 5.32 Å². The molecule has 2 aromatic carbocycles. The van der Waals surface area contributed by atoms with Gasteiger partial charge in [0, 0.05) is 34.9 Å². The van der Waals surface area contributed by atoms with E-state index in [9.17, 15) is 0 Å². The molecule has 0 saturated heterocycles. The number of thioether (sulfide) groups is 1. The van der Waals surface area contributed by atoms with Gasteiger partial charge >= 0.3 is 0 Å². The van der Waals surface area contributed by atoms with Crippen LogP contribution in [0.2, 0.25) is 0 Å². The van der Waals surface area contributed by atoms with Crippen LogP contribution in [-0.4, -0.2) is 20.0 Å². The van der Waals surface area contributed by atoms with Gasteiger partial charge in [-0.15, -0.1) is 11.8 Å². The first-order valence-corrected chi connectivity index (χ1v) is 7.96. The lowest BCUT2D eigenvalue weighted by Gasteiger charge is -2.15. The van der Waals surface area contributed by atoms with Crippen LogP contribution in [0.5, 0.6) is 11.5 Å². The van der Waals surface area contributed by atoms with Crippen molar-refractivity contribution in [2.75, 3.05) is 20.0 Å². The van der Waals surface area contributed by atoms with Crippen LogP contribution >= 0.6 is 11.8 Å². The summed E-state index contributed by atoms with van der Waals surface area (Å²) < 4.78 is 10.7.